The van der Waals surface area contributed by atoms with Gasteiger partial charge in [-0.05, 0) is 12.1 Å². The summed E-state index contributed by atoms with van der Waals surface area (Å²) in [6, 6.07) is 9.12. The van der Waals surface area contributed by atoms with E-state index in [-0.39, 0.29) is 6.54 Å². The molecular formula is C8H8NO2-. The lowest BCUT2D eigenvalue weighted by molar-refractivity contribution is -0.302. The topological polar surface area (TPSA) is 52.2 Å². The van der Waals surface area contributed by atoms with Gasteiger partial charge in [-0.1, -0.05) is 18.2 Å². The highest BCUT2D eigenvalue weighted by Gasteiger charge is 1.87. The highest BCUT2D eigenvalue weighted by atomic mass is 16.4. The summed E-state index contributed by atoms with van der Waals surface area (Å²) in [7, 11) is 0. The van der Waals surface area contributed by atoms with Gasteiger partial charge in [0, 0.05) is 5.69 Å². The molecule has 3 nitrogen and oxygen atoms in total. The number of anilines is 1. The summed E-state index contributed by atoms with van der Waals surface area (Å²) in [5.41, 5.74) is 0.789. The quantitative estimate of drug-likeness (QED) is 0.651. The van der Waals surface area contributed by atoms with Gasteiger partial charge in [-0.25, -0.2) is 0 Å². The Hall–Kier alpha value is -1.51. The van der Waals surface area contributed by atoms with Gasteiger partial charge in [0.15, 0.2) is 0 Å². The predicted octanol–water partition coefficient (Wildman–Crippen LogP) is -0.152. The summed E-state index contributed by atoms with van der Waals surface area (Å²) < 4.78 is 0. The Kier molecular flexibility index (Phi) is 2.49. The third kappa shape index (κ3) is 2.71. The molecule has 58 valence electrons. The lowest BCUT2D eigenvalue weighted by atomic mass is 10.3. The predicted molar refractivity (Wildman–Crippen MR) is 39.9 cm³/mol. The van der Waals surface area contributed by atoms with Crippen molar-refractivity contribution in [2.75, 3.05) is 11.9 Å². The van der Waals surface area contributed by atoms with Crippen LogP contribution in [0.25, 0.3) is 0 Å². The molecule has 3 heteroatoms. The lowest BCUT2D eigenvalue weighted by Gasteiger charge is -2.05. The van der Waals surface area contributed by atoms with E-state index >= 15 is 0 Å². The average Bonchev–Trinajstić information content (AvgIpc) is 2.03. The molecule has 0 unspecified atom stereocenters. The first-order chi connectivity index (χ1) is 5.29. The van der Waals surface area contributed by atoms with Gasteiger partial charge in [0.1, 0.15) is 0 Å². The van der Waals surface area contributed by atoms with E-state index in [1.165, 1.54) is 0 Å². The van der Waals surface area contributed by atoms with Gasteiger partial charge in [0.2, 0.25) is 0 Å². The van der Waals surface area contributed by atoms with Crippen molar-refractivity contribution in [2.24, 2.45) is 0 Å². The second kappa shape index (κ2) is 3.61. The van der Waals surface area contributed by atoms with Gasteiger partial charge >= 0.3 is 0 Å². The van der Waals surface area contributed by atoms with E-state index in [1.54, 1.807) is 12.1 Å². The van der Waals surface area contributed by atoms with Crippen LogP contribution in [0.15, 0.2) is 30.3 Å². The van der Waals surface area contributed by atoms with Crippen molar-refractivity contribution in [1.82, 2.24) is 0 Å². The summed E-state index contributed by atoms with van der Waals surface area (Å²) in [6.07, 6.45) is 0. The van der Waals surface area contributed by atoms with E-state index < -0.39 is 5.97 Å². The maximum Gasteiger partial charge on any atom is 0.0605 e. The Labute approximate surface area is 64.7 Å². The van der Waals surface area contributed by atoms with Crippen molar-refractivity contribution in [3.05, 3.63) is 30.3 Å². The number of carboxylic acid groups (broad SMARTS) is 1. The molecule has 0 radical (unpaired) electrons. The van der Waals surface area contributed by atoms with Gasteiger partial charge in [-0.2, -0.15) is 0 Å². The first-order valence-corrected chi connectivity index (χ1v) is 3.28. The van der Waals surface area contributed by atoms with Crippen molar-refractivity contribution in [1.29, 1.82) is 0 Å². The Morgan fingerprint density at radius 1 is 1.36 bits per heavy atom. The number of carbonyl (C=O) groups is 1. The number of hydrogen-bond acceptors (Lipinski definition) is 3. The summed E-state index contributed by atoms with van der Waals surface area (Å²) >= 11 is 0. The van der Waals surface area contributed by atoms with E-state index in [0.717, 1.165) is 5.69 Å². The van der Waals surface area contributed by atoms with Crippen LogP contribution in [-0.4, -0.2) is 12.5 Å². The second-order valence-electron chi connectivity index (χ2n) is 2.09. The molecule has 1 rings (SSSR count). The monoisotopic (exact) mass is 150 g/mol. The van der Waals surface area contributed by atoms with Crippen LogP contribution in [0.2, 0.25) is 0 Å². The summed E-state index contributed by atoms with van der Waals surface area (Å²) in [5.74, 6) is -1.10. The number of para-hydroxylation sites is 1. The zero-order valence-electron chi connectivity index (χ0n) is 5.91. The standard InChI is InChI=1S/C8H9NO2/c10-8(11)6-9-7-4-2-1-3-5-7/h1-5,9H,6H2,(H,10,11)/p-1. The normalized spacial score (nSPS) is 9.09. The van der Waals surface area contributed by atoms with Crippen LogP contribution in [0.1, 0.15) is 0 Å². The van der Waals surface area contributed by atoms with Crippen LogP contribution in [-0.2, 0) is 4.79 Å². The lowest BCUT2D eigenvalue weighted by Crippen LogP contribution is -2.30. The molecular weight excluding hydrogens is 142 g/mol. The van der Waals surface area contributed by atoms with Crippen LogP contribution >= 0.6 is 0 Å². The van der Waals surface area contributed by atoms with E-state index in [2.05, 4.69) is 5.32 Å². The van der Waals surface area contributed by atoms with Crippen LogP contribution < -0.4 is 10.4 Å². The Morgan fingerprint density at radius 2 is 2.00 bits per heavy atom. The van der Waals surface area contributed by atoms with Gasteiger partial charge in [-0.3, -0.25) is 0 Å². The van der Waals surface area contributed by atoms with Crippen molar-refractivity contribution in [3.8, 4) is 0 Å². The van der Waals surface area contributed by atoms with Gasteiger partial charge < -0.3 is 15.2 Å². The number of rotatable bonds is 3. The van der Waals surface area contributed by atoms with Crippen molar-refractivity contribution in [3.63, 3.8) is 0 Å². The van der Waals surface area contributed by atoms with Gasteiger partial charge in [0.25, 0.3) is 0 Å². The van der Waals surface area contributed by atoms with Crippen LogP contribution in [0.4, 0.5) is 5.69 Å². The molecule has 0 spiro atoms. The summed E-state index contributed by atoms with van der Waals surface area (Å²) in [6.45, 7) is -0.149. The Bertz CT molecular complexity index is 233. The Morgan fingerprint density at radius 3 is 2.55 bits per heavy atom. The Balaban J connectivity index is 2.45. The van der Waals surface area contributed by atoms with Crippen LogP contribution in [0.5, 0.6) is 0 Å². The third-order valence-corrected chi connectivity index (χ3v) is 1.21. The molecule has 0 amide bonds. The first kappa shape index (κ1) is 7.60. The maximum atomic E-state index is 10.00. The molecule has 0 aliphatic heterocycles. The number of hydrogen-bond donors (Lipinski definition) is 1. The fraction of sp³-hybridized carbons (Fsp3) is 0.125. The van der Waals surface area contributed by atoms with Crippen molar-refractivity contribution in [2.45, 2.75) is 0 Å². The van der Waals surface area contributed by atoms with E-state index in [0.29, 0.717) is 0 Å². The zero-order chi connectivity index (χ0) is 8.10. The molecule has 1 aromatic carbocycles. The zero-order valence-corrected chi connectivity index (χ0v) is 5.91. The number of carbonyl (C=O) groups excluding carboxylic acids is 1. The van der Waals surface area contributed by atoms with Crippen LogP contribution in [0, 0.1) is 0 Å². The SMILES string of the molecule is O=C([O-])CNc1ccccc1. The largest absolute Gasteiger partial charge is 0.548 e. The minimum absolute atomic E-state index is 0.149. The van der Waals surface area contributed by atoms with Gasteiger partial charge in [0.05, 0.1) is 12.5 Å². The molecule has 0 heterocycles. The number of benzene rings is 1. The molecule has 0 aromatic heterocycles. The molecule has 0 aliphatic rings. The van der Waals surface area contributed by atoms with Gasteiger partial charge in [-0.15, -0.1) is 0 Å². The summed E-state index contributed by atoms with van der Waals surface area (Å²) in [4.78, 5) is 10.00. The molecule has 1 N–H and O–H groups in total. The van der Waals surface area contributed by atoms with Crippen molar-refractivity contribution >= 4 is 11.7 Å². The molecule has 0 atom stereocenters. The number of carboxylic acids is 1. The summed E-state index contributed by atoms with van der Waals surface area (Å²) in [5, 5.41) is 12.7. The average molecular weight is 150 g/mol. The van der Waals surface area contributed by atoms with E-state index in [1.807, 2.05) is 18.2 Å². The van der Waals surface area contributed by atoms with Crippen molar-refractivity contribution < 1.29 is 9.90 Å². The fourth-order valence-electron chi connectivity index (χ4n) is 0.730. The highest BCUT2D eigenvalue weighted by molar-refractivity contribution is 5.70. The molecule has 0 fully saturated rings. The molecule has 0 bridgehead atoms. The molecule has 0 saturated heterocycles. The second-order valence-corrected chi connectivity index (χ2v) is 2.09. The molecule has 0 saturated carbocycles. The van der Waals surface area contributed by atoms with E-state index in [4.69, 9.17) is 0 Å². The molecule has 0 aliphatic carbocycles. The minimum Gasteiger partial charge on any atom is -0.548 e. The maximum absolute atomic E-state index is 10.00. The molecule has 11 heavy (non-hydrogen) atoms. The van der Waals surface area contributed by atoms with E-state index in [9.17, 15) is 9.90 Å². The fourth-order valence-corrected chi connectivity index (χ4v) is 0.730. The minimum atomic E-state index is -1.10. The number of nitrogens with one attached hydrogen (secondary N) is 1. The third-order valence-electron chi connectivity index (χ3n) is 1.21. The first-order valence-electron chi connectivity index (χ1n) is 3.28. The smallest absolute Gasteiger partial charge is 0.0605 e. The highest BCUT2D eigenvalue weighted by Crippen LogP contribution is 2.02. The number of aliphatic carboxylic acids is 1. The molecule has 1 aromatic rings. The van der Waals surface area contributed by atoms with Crippen LogP contribution in [0.3, 0.4) is 0 Å².